The second-order valence-electron chi connectivity index (χ2n) is 5.54. The van der Waals surface area contributed by atoms with Gasteiger partial charge in [-0.15, -0.1) is 6.58 Å². The van der Waals surface area contributed by atoms with Crippen molar-refractivity contribution >= 4 is 34.9 Å². The molecule has 0 aromatic heterocycles. The summed E-state index contributed by atoms with van der Waals surface area (Å²) in [7, 11) is 1.51. The second-order valence-corrected chi connectivity index (χ2v) is 6.34. The Hall–Kier alpha value is -1.96. The number of hydrogen-bond donors (Lipinski definition) is 1. The lowest BCUT2D eigenvalue weighted by atomic mass is 9.94. The number of benzene rings is 1. The van der Waals surface area contributed by atoms with Gasteiger partial charge in [-0.05, 0) is 31.3 Å². The summed E-state index contributed by atoms with van der Waals surface area (Å²) < 4.78 is 24.6. The molecule has 0 aliphatic carbocycles. The first-order chi connectivity index (χ1) is 12.4. The fraction of sp³-hybridized carbons (Fsp3) is 0.333. The topological polar surface area (TPSA) is 50.8 Å². The molecule has 0 amide bonds. The molecule has 1 aliphatic rings. The van der Waals surface area contributed by atoms with Crippen LogP contribution < -0.4 is 5.32 Å². The van der Waals surface area contributed by atoms with E-state index in [-0.39, 0.29) is 29.4 Å². The molecule has 0 fully saturated rings. The standard InChI is InChI=1S/C18H20ClFN2O3S/c1-4-8-22-11(2)14(17(23)25-10-9-24-3)16(21-18(22)26)15-12(19)6-5-7-13(15)20/h4-7,16H,1,8-10H2,2-3H3,(H,21,26)/t16-/m0/s1. The van der Waals surface area contributed by atoms with Gasteiger partial charge in [0.15, 0.2) is 5.11 Å². The zero-order valence-electron chi connectivity index (χ0n) is 14.6. The van der Waals surface area contributed by atoms with Crippen LogP contribution in [-0.2, 0) is 14.3 Å². The van der Waals surface area contributed by atoms with E-state index < -0.39 is 17.8 Å². The van der Waals surface area contributed by atoms with E-state index in [0.717, 1.165) is 0 Å². The van der Waals surface area contributed by atoms with Crippen LogP contribution in [0.15, 0.2) is 42.1 Å². The van der Waals surface area contributed by atoms with Crippen molar-refractivity contribution in [3.63, 3.8) is 0 Å². The number of halogens is 2. The van der Waals surface area contributed by atoms with E-state index in [1.807, 2.05) is 0 Å². The van der Waals surface area contributed by atoms with Gasteiger partial charge in [-0.25, -0.2) is 9.18 Å². The summed E-state index contributed by atoms with van der Waals surface area (Å²) in [5.41, 5.74) is 0.941. The van der Waals surface area contributed by atoms with E-state index >= 15 is 0 Å². The molecule has 1 aliphatic heterocycles. The number of rotatable bonds is 7. The van der Waals surface area contributed by atoms with Crippen molar-refractivity contribution in [2.75, 3.05) is 26.9 Å². The minimum Gasteiger partial charge on any atom is -0.460 e. The average molecular weight is 399 g/mol. The van der Waals surface area contributed by atoms with Gasteiger partial charge in [0.25, 0.3) is 0 Å². The minimum absolute atomic E-state index is 0.0791. The molecular formula is C18H20ClFN2O3S. The third kappa shape index (κ3) is 4.23. The average Bonchev–Trinajstić information content (AvgIpc) is 2.58. The highest BCUT2D eigenvalue weighted by atomic mass is 35.5. The third-order valence-corrected chi connectivity index (χ3v) is 4.60. The van der Waals surface area contributed by atoms with Gasteiger partial charge >= 0.3 is 5.97 Å². The number of esters is 1. The van der Waals surface area contributed by atoms with E-state index in [0.29, 0.717) is 17.4 Å². The molecule has 8 heteroatoms. The smallest absolute Gasteiger partial charge is 0.338 e. The molecule has 0 bridgehead atoms. The molecule has 1 aromatic carbocycles. The van der Waals surface area contributed by atoms with Crippen LogP contribution in [0.25, 0.3) is 0 Å². The molecule has 1 aromatic rings. The predicted octanol–water partition coefficient (Wildman–Crippen LogP) is 3.36. The van der Waals surface area contributed by atoms with Crippen molar-refractivity contribution < 1.29 is 18.7 Å². The quantitative estimate of drug-likeness (QED) is 0.329. The lowest BCUT2D eigenvalue weighted by Gasteiger charge is -2.37. The van der Waals surface area contributed by atoms with Gasteiger partial charge in [0.05, 0.1) is 18.2 Å². The summed E-state index contributed by atoms with van der Waals surface area (Å²) >= 11 is 11.6. The fourth-order valence-electron chi connectivity index (χ4n) is 2.69. The maximum atomic E-state index is 14.5. The van der Waals surface area contributed by atoms with Gasteiger partial charge in [0, 0.05) is 29.9 Å². The molecule has 0 unspecified atom stereocenters. The van der Waals surface area contributed by atoms with Crippen molar-refractivity contribution in [2.45, 2.75) is 13.0 Å². The largest absolute Gasteiger partial charge is 0.460 e. The second kappa shape index (κ2) is 9.12. The van der Waals surface area contributed by atoms with Crippen molar-refractivity contribution in [3.05, 3.63) is 58.5 Å². The molecule has 26 heavy (non-hydrogen) atoms. The van der Waals surface area contributed by atoms with Gasteiger partial charge in [-0.3, -0.25) is 0 Å². The number of nitrogens with zero attached hydrogens (tertiary/aromatic N) is 1. The van der Waals surface area contributed by atoms with Crippen LogP contribution in [0, 0.1) is 5.82 Å². The molecule has 1 heterocycles. The minimum atomic E-state index is -0.854. The van der Waals surface area contributed by atoms with Gasteiger partial charge in [-0.2, -0.15) is 0 Å². The Morgan fingerprint density at radius 3 is 2.85 bits per heavy atom. The Morgan fingerprint density at radius 2 is 2.23 bits per heavy atom. The molecular weight excluding hydrogens is 379 g/mol. The monoisotopic (exact) mass is 398 g/mol. The predicted molar refractivity (Wildman–Crippen MR) is 102 cm³/mol. The van der Waals surface area contributed by atoms with Crippen LogP contribution in [0.3, 0.4) is 0 Å². The van der Waals surface area contributed by atoms with E-state index in [2.05, 4.69) is 11.9 Å². The van der Waals surface area contributed by atoms with Crippen LogP contribution in [0.1, 0.15) is 18.5 Å². The molecule has 2 rings (SSSR count). The fourth-order valence-corrected chi connectivity index (χ4v) is 3.29. The maximum absolute atomic E-state index is 14.5. The third-order valence-electron chi connectivity index (χ3n) is 3.94. The summed E-state index contributed by atoms with van der Waals surface area (Å²) in [5, 5.41) is 3.54. The van der Waals surface area contributed by atoms with Crippen LogP contribution in [-0.4, -0.2) is 42.8 Å². The Balaban J connectivity index is 2.52. The SMILES string of the molecule is C=CCN1C(=S)N[C@H](c2c(F)cccc2Cl)C(C(=O)OCCOC)=C1C. The molecule has 1 N–H and O–H groups in total. The highest BCUT2D eigenvalue weighted by molar-refractivity contribution is 7.80. The number of methoxy groups -OCH3 is 1. The summed E-state index contributed by atoms with van der Waals surface area (Å²) in [6.07, 6.45) is 1.65. The van der Waals surface area contributed by atoms with Crippen LogP contribution >= 0.6 is 23.8 Å². The van der Waals surface area contributed by atoms with E-state index in [1.165, 1.54) is 19.2 Å². The first kappa shape index (κ1) is 20.4. The summed E-state index contributed by atoms with van der Waals surface area (Å²) in [6.45, 7) is 6.15. The van der Waals surface area contributed by atoms with Crippen molar-refractivity contribution in [1.29, 1.82) is 0 Å². The van der Waals surface area contributed by atoms with Crippen molar-refractivity contribution in [3.8, 4) is 0 Å². The Morgan fingerprint density at radius 1 is 1.50 bits per heavy atom. The molecule has 0 saturated heterocycles. The highest BCUT2D eigenvalue weighted by Crippen LogP contribution is 2.36. The van der Waals surface area contributed by atoms with Crippen molar-refractivity contribution in [1.82, 2.24) is 10.2 Å². The van der Waals surface area contributed by atoms with Gasteiger partial charge in [0.1, 0.15) is 12.4 Å². The zero-order valence-corrected chi connectivity index (χ0v) is 16.1. The Kier molecular flexibility index (Phi) is 7.14. The highest BCUT2D eigenvalue weighted by Gasteiger charge is 2.36. The number of hydrogen-bond acceptors (Lipinski definition) is 4. The van der Waals surface area contributed by atoms with Crippen LogP contribution in [0.5, 0.6) is 0 Å². The lowest BCUT2D eigenvalue weighted by Crippen LogP contribution is -2.48. The first-order valence-corrected chi connectivity index (χ1v) is 8.70. The molecule has 0 saturated carbocycles. The van der Waals surface area contributed by atoms with Crippen LogP contribution in [0.2, 0.25) is 5.02 Å². The van der Waals surface area contributed by atoms with Crippen LogP contribution in [0.4, 0.5) is 4.39 Å². The first-order valence-electron chi connectivity index (χ1n) is 7.92. The molecule has 140 valence electrons. The summed E-state index contributed by atoms with van der Waals surface area (Å²) in [4.78, 5) is 14.4. The number of ether oxygens (including phenoxy) is 2. The molecule has 0 spiro atoms. The molecule has 5 nitrogen and oxygen atoms in total. The molecule has 0 radical (unpaired) electrons. The van der Waals surface area contributed by atoms with Gasteiger partial charge in [0.2, 0.25) is 0 Å². The maximum Gasteiger partial charge on any atom is 0.338 e. The summed E-state index contributed by atoms with van der Waals surface area (Å²) in [6, 6.07) is 3.49. The Labute approximate surface area is 162 Å². The lowest BCUT2D eigenvalue weighted by molar-refractivity contribution is -0.140. The van der Waals surface area contributed by atoms with E-state index in [1.54, 1.807) is 24.0 Å². The number of allylic oxidation sites excluding steroid dienone is 1. The number of carbonyl (C=O) groups excluding carboxylic acids is 1. The van der Waals surface area contributed by atoms with Gasteiger partial charge < -0.3 is 19.7 Å². The van der Waals surface area contributed by atoms with Crippen molar-refractivity contribution in [2.24, 2.45) is 0 Å². The van der Waals surface area contributed by atoms with Gasteiger partial charge in [-0.1, -0.05) is 23.7 Å². The normalized spacial score (nSPS) is 17.2. The molecule has 1 atom stereocenters. The number of thiocarbonyl (C=S) groups is 1. The van der Waals surface area contributed by atoms with E-state index in [9.17, 15) is 9.18 Å². The number of nitrogens with one attached hydrogen (secondary N) is 1. The summed E-state index contributed by atoms with van der Waals surface area (Å²) in [5.74, 6) is -1.13. The Bertz CT molecular complexity index is 734. The number of carbonyl (C=O) groups is 1. The van der Waals surface area contributed by atoms with E-state index in [4.69, 9.17) is 33.3 Å². The zero-order chi connectivity index (χ0) is 19.3.